The summed E-state index contributed by atoms with van der Waals surface area (Å²) in [5.41, 5.74) is 5.09. The van der Waals surface area contributed by atoms with E-state index in [1.165, 1.54) is 42.6 Å². The monoisotopic (exact) mass is 552 g/mol. The zero-order valence-corrected chi connectivity index (χ0v) is 20.9. The summed E-state index contributed by atoms with van der Waals surface area (Å²) < 4.78 is 48.3. The maximum Gasteiger partial charge on any atom is 0.321 e. The van der Waals surface area contributed by atoms with E-state index in [1.54, 1.807) is 6.92 Å². The fourth-order valence-corrected chi connectivity index (χ4v) is 3.69. The number of halogens is 3. The first-order chi connectivity index (χ1) is 19.1. The minimum atomic E-state index is -0.979. The molecular formula is C27H23F3N6O4. The molecule has 1 atom stereocenters. The van der Waals surface area contributed by atoms with Crippen LogP contribution >= 0.6 is 0 Å². The Morgan fingerprint density at radius 1 is 1.12 bits per heavy atom. The van der Waals surface area contributed by atoms with E-state index in [2.05, 4.69) is 15.6 Å². The maximum atomic E-state index is 15.0. The molecule has 0 radical (unpaired) electrons. The number of hydrogen-bond acceptors (Lipinski definition) is 7. The Hall–Kier alpha value is -5.17. The lowest BCUT2D eigenvalue weighted by atomic mass is 10.1. The van der Waals surface area contributed by atoms with Crippen molar-refractivity contribution in [3.63, 3.8) is 0 Å². The first kappa shape index (κ1) is 27.9. The van der Waals surface area contributed by atoms with Gasteiger partial charge in [-0.1, -0.05) is 0 Å². The molecule has 0 bridgehead atoms. The van der Waals surface area contributed by atoms with Crippen molar-refractivity contribution in [1.29, 1.82) is 5.41 Å². The van der Waals surface area contributed by atoms with Crippen LogP contribution in [0.3, 0.4) is 0 Å². The minimum absolute atomic E-state index is 0.0167. The molecule has 4 aromatic rings. The summed E-state index contributed by atoms with van der Waals surface area (Å²) >= 11 is 0. The highest BCUT2D eigenvalue weighted by atomic mass is 19.1. The number of carbonyl (C=O) groups excluding carboxylic acids is 1. The fourth-order valence-electron chi connectivity index (χ4n) is 3.69. The van der Waals surface area contributed by atoms with Crippen molar-refractivity contribution in [1.82, 2.24) is 10.3 Å². The molecule has 2 aromatic heterocycles. The molecule has 0 unspecified atom stereocenters. The number of nitrogens with zero attached hydrogens (tertiary/aromatic N) is 2. The molecule has 2 aromatic carbocycles. The van der Waals surface area contributed by atoms with Crippen LogP contribution < -0.4 is 25.8 Å². The summed E-state index contributed by atoms with van der Waals surface area (Å²) in [5.74, 6) is -4.10. The molecule has 0 aliphatic rings. The number of benzene rings is 2. The average Bonchev–Trinajstić information content (AvgIpc) is 2.90. The standard InChI is InChI=1S/C27H23F3N6O4/c1-14(13-37)34-26(32)24-23(9-10-33-25(24)31)40-22-8-6-16(12-19(22)30)35-27(38)21-4-2-3-20(36(21)39)17-7-5-15(28)11-18(17)29/h2-12,14,37H,13H2,1H3,(H2,31,33)(H2,32,34)(H,35,38)/t14-/m1/s1. The van der Waals surface area contributed by atoms with Crippen LogP contribution in [0.25, 0.3) is 11.3 Å². The van der Waals surface area contributed by atoms with Crippen LogP contribution in [0.4, 0.5) is 24.7 Å². The van der Waals surface area contributed by atoms with Crippen LogP contribution in [-0.2, 0) is 0 Å². The van der Waals surface area contributed by atoms with Gasteiger partial charge in [-0.3, -0.25) is 10.2 Å². The zero-order valence-electron chi connectivity index (χ0n) is 20.9. The van der Waals surface area contributed by atoms with Gasteiger partial charge in [0.1, 0.15) is 34.6 Å². The molecule has 40 heavy (non-hydrogen) atoms. The van der Waals surface area contributed by atoms with E-state index in [0.29, 0.717) is 6.07 Å². The highest BCUT2D eigenvalue weighted by Crippen LogP contribution is 2.31. The Bertz CT molecular complexity index is 1600. The quantitative estimate of drug-likeness (QED) is 0.0964. The summed E-state index contributed by atoms with van der Waals surface area (Å²) in [6.45, 7) is 1.39. The van der Waals surface area contributed by atoms with Crippen molar-refractivity contribution in [2.24, 2.45) is 0 Å². The lowest BCUT2D eigenvalue weighted by Gasteiger charge is -2.17. The molecule has 13 heteroatoms. The van der Waals surface area contributed by atoms with E-state index in [-0.39, 0.29) is 57.0 Å². The highest BCUT2D eigenvalue weighted by Gasteiger charge is 2.23. The molecule has 4 rings (SSSR count). The molecule has 0 aliphatic heterocycles. The van der Waals surface area contributed by atoms with Gasteiger partial charge in [-0.2, -0.15) is 4.73 Å². The van der Waals surface area contributed by atoms with Gasteiger partial charge in [-0.15, -0.1) is 0 Å². The first-order valence-electron chi connectivity index (χ1n) is 11.8. The van der Waals surface area contributed by atoms with Crippen molar-refractivity contribution in [3.8, 4) is 22.8 Å². The normalized spacial score (nSPS) is 11.5. The van der Waals surface area contributed by atoms with E-state index < -0.39 is 35.1 Å². The SMILES string of the molecule is C[C@H](CO)NC(=N)c1c(Oc2ccc(NC(=O)c3cccc(-c4ccc(F)cc4F)[n+]3[O-])cc2F)ccnc1N. The number of pyridine rings is 2. The van der Waals surface area contributed by atoms with Gasteiger partial charge in [-0.05, 0) is 37.3 Å². The van der Waals surface area contributed by atoms with E-state index in [9.17, 15) is 28.3 Å². The molecule has 0 saturated heterocycles. The lowest BCUT2D eigenvalue weighted by Crippen LogP contribution is -2.39. The van der Waals surface area contributed by atoms with Gasteiger partial charge < -0.3 is 31.4 Å². The number of rotatable bonds is 8. The number of amides is 1. The topological polar surface area (TPSA) is 160 Å². The number of carbonyl (C=O) groups is 1. The van der Waals surface area contributed by atoms with Crippen LogP contribution in [0.1, 0.15) is 23.0 Å². The van der Waals surface area contributed by atoms with E-state index in [0.717, 1.165) is 18.2 Å². The third kappa shape index (κ3) is 5.94. The van der Waals surface area contributed by atoms with Crippen molar-refractivity contribution in [3.05, 3.63) is 101 Å². The number of aliphatic hydroxyl groups is 1. The number of nitrogens with two attached hydrogens (primary N) is 1. The van der Waals surface area contributed by atoms with Crippen LogP contribution in [-0.4, -0.2) is 34.5 Å². The molecule has 0 aliphatic carbocycles. The predicted molar refractivity (Wildman–Crippen MR) is 140 cm³/mol. The van der Waals surface area contributed by atoms with Gasteiger partial charge in [0.25, 0.3) is 5.69 Å². The molecule has 0 spiro atoms. The second kappa shape index (κ2) is 11.7. The molecule has 206 valence electrons. The molecule has 10 nitrogen and oxygen atoms in total. The van der Waals surface area contributed by atoms with Gasteiger partial charge in [0, 0.05) is 48.3 Å². The van der Waals surface area contributed by atoms with Crippen molar-refractivity contribution in [2.45, 2.75) is 13.0 Å². The van der Waals surface area contributed by atoms with Crippen molar-refractivity contribution < 1.29 is 32.5 Å². The number of anilines is 2. The van der Waals surface area contributed by atoms with Gasteiger partial charge in [-0.25, -0.2) is 18.2 Å². The predicted octanol–water partition coefficient (Wildman–Crippen LogP) is 3.72. The summed E-state index contributed by atoms with van der Waals surface area (Å²) in [7, 11) is 0. The third-order valence-electron chi connectivity index (χ3n) is 5.65. The van der Waals surface area contributed by atoms with Crippen molar-refractivity contribution >= 4 is 23.2 Å². The van der Waals surface area contributed by atoms with Gasteiger partial charge in [0.15, 0.2) is 11.6 Å². The Morgan fingerprint density at radius 2 is 1.90 bits per heavy atom. The molecular weight excluding hydrogens is 529 g/mol. The Balaban J connectivity index is 1.55. The number of aromatic nitrogens is 2. The Labute approximate surface area is 226 Å². The number of aliphatic hydroxyl groups excluding tert-OH is 1. The minimum Gasteiger partial charge on any atom is -0.618 e. The van der Waals surface area contributed by atoms with Crippen LogP contribution in [0.15, 0.2) is 66.9 Å². The molecule has 1 amide bonds. The first-order valence-corrected chi connectivity index (χ1v) is 11.8. The smallest absolute Gasteiger partial charge is 0.321 e. The average molecular weight is 553 g/mol. The number of nitrogens with one attached hydrogen (secondary N) is 3. The van der Waals surface area contributed by atoms with E-state index in [4.69, 9.17) is 15.9 Å². The zero-order chi connectivity index (χ0) is 29.0. The lowest BCUT2D eigenvalue weighted by molar-refractivity contribution is -0.596. The second-order valence-corrected chi connectivity index (χ2v) is 8.59. The van der Waals surface area contributed by atoms with Gasteiger partial charge in [0.05, 0.1) is 12.2 Å². The number of amidine groups is 1. The fraction of sp³-hybridized carbons (Fsp3) is 0.111. The van der Waals surface area contributed by atoms with Crippen molar-refractivity contribution in [2.75, 3.05) is 17.7 Å². The number of ether oxygens (including phenoxy) is 1. The molecule has 2 heterocycles. The Kier molecular flexibility index (Phi) is 8.15. The number of nitrogen functional groups attached to an aromatic ring is 1. The summed E-state index contributed by atoms with van der Waals surface area (Å²) in [4.78, 5) is 16.7. The largest absolute Gasteiger partial charge is 0.618 e. The summed E-state index contributed by atoms with van der Waals surface area (Å²) in [5, 5.41) is 35.4. The van der Waals surface area contributed by atoms with E-state index in [1.807, 2.05) is 0 Å². The maximum absolute atomic E-state index is 15.0. The van der Waals surface area contributed by atoms with Gasteiger partial charge >= 0.3 is 5.91 Å². The van der Waals surface area contributed by atoms with Crippen LogP contribution in [0.2, 0.25) is 0 Å². The summed E-state index contributed by atoms with van der Waals surface area (Å²) in [6, 6.07) is 10.9. The Morgan fingerprint density at radius 3 is 2.60 bits per heavy atom. The van der Waals surface area contributed by atoms with E-state index >= 15 is 0 Å². The number of hydrogen-bond donors (Lipinski definition) is 5. The van der Waals surface area contributed by atoms with Gasteiger partial charge in [0.2, 0.25) is 5.69 Å². The molecule has 0 saturated carbocycles. The third-order valence-corrected chi connectivity index (χ3v) is 5.65. The van der Waals surface area contributed by atoms with Crippen LogP contribution in [0.5, 0.6) is 11.5 Å². The second-order valence-electron chi connectivity index (χ2n) is 8.59. The van der Waals surface area contributed by atoms with Crippen LogP contribution in [0, 0.1) is 28.1 Å². The molecule has 0 fully saturated rings. The molecule has 6 N–H and O–H groups in total. The highest BCUT2D eigenvalue weighted by molar-refractivity contribution is 6.03. The summed E-state index contributed by atoms with van der Waals surface area (Å²) in [6.07, 6.45) is 1.31.